The molecule has 0 bridgehead atoms. The lowest BCUT2D eigenvalue weighted by molar-refractivity contribution is 0.394. The van der Waals surface area contributed by atoms with Gasteiger partial charge < -0.3 is 15.4 Å². The minimum atomic E-state index is 0.557. The first kappa shape index (κ1) is 11.6. The number of aromatic nitrogens is 2. The molecule has 1 fully saturated rings. The van der Waals surface area contributed by atoms with Gasteiger partial charge in [-0.25, -0.2) is 4.98 Å². The molecule has 0 aromatic carbocycles. The Balaban J connectivity index is 1.93. The van der Waals surface area contributed by atoms with E-state index in [1.54, 1.807) is 13.3 Å². The van der Waals surface area contributed by atoms with Crippen molar-refractivity contribution < 1.29 is 4.74 Å². The standard InChI is InChI=1S/C10H15BrN4O/c1-16-9-8(11)6-14-10(15-9)13-5-7-2-3-12-4-7/h6-7,12H,2-5H2,1H3,(H,13,14,15). The zero-order valence-electron chi connectivity index (χ0n) is 9.16. The van der Waals surface area contributed by atoms with Crippen molar-refractivity contribution in [3.8, 4) is 5.88 Å². The predicted molar refractivity (Wildman–Crippen MR) is 65.8 cm³/mol. The van der Waals surface area contributed by atoms with E-state index in [1.807, 2.05) is 0 Å². The average Bonchev–Trinajstić information content (AvgIpc) is 2.81. The van der Waals surface area contributed by atoms with E-state index >= 15 is 0 Å². The quantitative estimate of drug-likeness (QED) is 0.873. The first-order valence-corrected chi connectivity index (χ1v) is 6.10. The molecule has 88 valence electrons. The number of anilines is 1. The van der Waals surface area contributed by atoms with Crippen LogP contribution >= 0.6 is 15.9 Å². The second-order valence-corrected chi connectivity index (χ2v) is 4.64. The lowest BCUT2D eigenvalue weighted by Gasteiger charge is -2.10. The zero-order chi connectivity index (χ0) is 11.4. The van der Waals surface area contributed by atoms with Gasteiger partial charge in [0.15, 0.2) is 0 Å². The molecule has 0 aliphatic carbocycles. The van der Waals surface area contributed by atoms with Gasteiger partial charge in [-0.15, -0.1) is 0 Å². The van der Waals surface area contributed by atoms with Crippen LogP contribution in [0, 0.1) is 5.92 Å². The van der Waals surface area contributed by atoms with Crippen LogP contribution in [-0.4, -0.2) is 36.7 Å². The van der Waals surface area contributed by atoms with Gasteiger partial charge in [0.1, 0.15) is 0 Å². The molecule has 0 radical (unpaired) electrons. The molecular formula is C10H15BrN4O. The molecule has 1 atom stereocenters. The van der Waals surface area contributed by atoms with Crippen molar-refractivity contribution in [1.29, 1.82) is 0 Å². The topological polar surface area (TPSA) is 59.1 Å². The van der Waals surface area contributed by atoms with Gasteiger partial charge >= 0.3 is 0 Å². The molecule has 1 aliphatic heterocycles. The Morgan fingerprint density at radius 3 is 3.25 bits per heavy atom. The van der Waals surface area contributed by atoms with E-state index in [0.29, 0.717) is 17.7 Å². The van der Waals surface area contributed by atoms with Crippen LogP contribution in [0.25, 0.3) is 0 Å². The number of ether oxygens (including phenoxy) is 1. The van der Waals surface area contributed by atoms with E-state index < -0.39 is 0 Å². The highest BCUT2D eigenvalue weighted by atomic mass is 79.9. The number of halogens is 1. The third kappa shape index (κ3) is 2.82. The highest BCUT2D eigenvalue weighted by Gasteiger charge is 2.14. The fourth-order valence-electron chi connectivity index (χ4n) is 1.70. The van der Waals surface area contributed by atoms with Gasteiger partial charge in [0.05, 0.1) is 17.8 Å². The maximum Gasteiger partial charge on any atom is 0.232 e. The van der Waals surface area contributed by atoms with Crippen molar-refractivity contribution >= 4 is 21.9 Å². The summed E-state index contributed by atoms with van der Waals surface area (Å²) in [4.78, 5) is 8.42. The summed E-state index contributed by atoms with van der Waals surface area (Å²) in [6.07, 6.45) is 2.90. The minimum absolute atomic E-state index is 0.557. The molecule has 2 rings (SSSR count). The van der Waals surface area contributed by atoms with Crippen molar-refractivity contribution in [3.05, 3.63) is 10.7 Å². The first-order chi connectivity index (χ1) is 7.79. The van der Waals surface area contributed by atoms with Gasteiger partial charge in [0.2, 0.25) is 11.8 Å². The summed E-state index contributed by atoms with van der Waals surface area (Å²) in [5, 5.41) is 6.55. The van der Waals surface area contributed by atoms with Crippen molar-refractivity contribution in [2.24, 2.45) is 5.92 Å². The summed E-state index contributed by atoms with van der Waals surface area (Å²) in [6.45, 7) is 3.08. The van der Waals surface area contributed by atoms with Crippen LogP contribution in [-0.2, 0) is 0 Å². The summed E-state index contributed by atoms with van der Waals surface area (Å²) in [5.41, 5.74) is 0. The smallest absolute Gasteiger partial charge is 0.232 e. The number of rotatable bonds is 4. The van der Waals surface area contributed by atoms with Crippen molar-refractivity contribution in [3.63, 3.8) is 0 Å². The van der Waals surface area contributed by atoms with E-state index in [9.17, 15) is 0 Å². The van der Waals surface area contributed by atoms with E-state index in [2.05, 4.69) is 36.5 Å². The van der Waals surface area contributed by atoms with Crippen LogP contribution in [0.15, 0.2) is 10.7 Å². The number of hydrogen-bond acceptors (Lipinski definition) is 5. The number of methoxy groups -OCH3 is 1. The van der Waals surface area contributed by atoms with Crippen LogP contribution in [0.2, 0.25) is 0 Å². The molecule has 0 saturated carbocycles. The molecule has 16 heavy (non-hydrogen) atoms. The van der Waals surface area contributed by atoms with E-state index in [4.69, 9.17) is 4.74 Å². The van der Waals surface area contributed by atoms with E-state index in [-0.39, 0.29) is 0 Å². The third-order valence-electron chi connectivity index (χ3n) is 2.62. The van der Waals surface area contributed by atoms with Crippen LogP contribution in [0.1, 0.15) is 6.42 Å². The van der Waals surface area contributed by atoms with Crippen LogP contribution in [0.4, 0.5) is 5.95 Å². The highest BCUT2D eigenvalue weighted by molar-refractivity contribution is 9.10. The number of nitrogens with zero attached hydrogens (tertiary/aromatic N) is 2. The maximum absolute atomic E-state index is 5.11. The summed E-state index contributed by atoms with van der Waals surface area (Å²) in [6, 6.07) is 0. The molecule has 1 aromatic heterocycles. The molecule has 0 amide bonds. The second kappa shape index (κ2) is 5.45. The molecule has 1 unspecified atom stereocenters. The molecule has 2 heterocycles. The second-order valence-electron chi connectivity index (χ2n) is 3.79. The highest BCUT2D eigenvalue weighted by Crippen LogP contribution is 2.22. The Bertz CT molecular complexity index is 355. The molecule has 1 aliphatic rings. The van der Waals surface area contributed by atoms with E-state index in [1.165, 1.54) is 6.42 Å². The molecule has 5 nitrogen and oxygen atoms in total. The molecule has 1 aromatic rings. The van der Waals surface area contributed by atoms with Crippen LogP contribution < -0.4 is 15.4 Å². The Morgan fingerprint density at radius 1 is 1.69 bits per heavy atom. The average molecular weight is 287 g/mol. The van der Waals surface area contributed by atoms with E-state index in [0.717, 1.165) is 24.1 Å². The fourth-order valence-corrected chi connectivity index (χ4v) is 2.06. The first-order valence-electron chi connectivity index (χ1n) is 5.30. The summed E-state index contributed by atoms with van der Waals surface area (Å²) >= 11 is 3.32. The summed E-state index contributed by atoms with van der Waals surface area (Å²) in [7, 11) is 1.60. The summed E-state index contributed by atoms with van der Waals surface area (Å²) < 4.78 is 5.87. The molecule has 0 spiro atoms. The predicted octanol–water partition coefficient (Wildman–Crippen LogP) is 1.27. The Hall–Kier alpha value is -0.880. The number of hydrogen-bond donors (Lipinski definition) is 2. The zero-order valence-corrected chi connectivity index (χ0v) is 10.7. The van der Waals surface area contributed by atoms with Gasteiger partial charge in [0.25, 0.3) is 0 Å². The Morgan fingerprint density at radius 2 is 2.56 bits per heavy atom. The molecule has 2 N–H and O–H groups in total. The lowest BCUT2D eigenvalue weighted by atomic mass is 10.1. The SMILES string of the molecule is COc1nc(NCC2CCNC2)ncc1Br. The number of nitrogens with one attached hydrogen (secondary N) is 2. The Labute approximate surface area is 103 Å². The lowest BCUT2D eigenvalue weighted by Crippen LogP contribution is -2.18. The molecular weight excluding hydrogens is 272 g/mol. The molecule has 1 saturated heterocycles. The van der Waals surface area contributed by atoms with Gasteiger partial charge in [-0.05, 0) is 41.4 Å². The van der Waals surface area contributed by atoms with Crippen molar-refractivity contribution in [2.75, 3.05) is 32.1 Å². The largest absolute Gasteiger partial charge is 0.480 e. The van der Waals surface area contributed by atoms with Crippen LogP contribution in [0.5, 0.6) is 5.88 Å². The minimum Gasteiger partial charge on any atom is -0.480 e. The summed E-state index contributed by atoms with van der Waals surface area (Å²) in [5.74, 6) is 1.84. The molecule has 6 heteroatoms. The maximum atomic E-state index is 5.11. The van der Waals surface area contributed by atoms with Gasteiger partial charge in [-0.1, -0.05) is 0 Å². The van der Waals surface area contributed by atoms with Gasteiger partial charge in [-0.3, -0.25) is 0 Å². The monoisotopic (exact) mass is 286 g/mol. The fraction of sp³-hybridized carbons (Fsp3) is 0.600. The van der Waals surface area contributed by atoms with Gasteiger partial charge in [0, 0.05) is 6.54 Å². The Kier molecular flexibility index (Phi) is 3.95. The van der Waals surface area contributed by atoms with Crippen LogP contribution in [0.3, 0.4) is 0 Å². The third-order valence-corrected chi connectivity index (χ3v) is 3.16. The normalized spacial score (nSPS) is 19.8. The van der Waals surface area contributed by atoms with Crippen molar-refractivity contribution in [1.82, 2.24) is 15.3 Å². The van der Waals surface area contributed by atoms with Gasteiger partial charge in [-0.2, -0.15) is 4.98 Å². The van der Waals surface area contributed by atoms with Crippen molar-refractivity contribution in [2.45, 2.75) is 6.42 Å².